The molecule has 5 nitrogen and oxygen atoms in total. The second kappa shape index (κ2) is 4.22. The molecule has 0 radical (unpaired) electrons. The zero-order valence-corrected chi connectivity index (χ0v) is 10.1. The van der Waals surface area contributed by atoms with Crippen molar-refractivity contribution in [2.75, 3.05) is 13.2 Å². The van der Waals surface area contributed by atoms with Crippen LogP contribution in [0.4, 0.5) is 4.79 Å². The minimum absolute atomic E-state index is 0.218. The van der Waals surface area contributed by atoms with Gasteiger partial charge < -0.3 is 20.1 Å². The van der Waals surface area contributed by atoms with Gasteiger partial charge in [0.2, 0.25) is 0 Å². The highest BCUT2D eigenvalue weighted by Crippen LogP contribution is 2.23. The van der Waals surface area contributed by atoms with Crippen LogP contribution >= 0.6 is 0 Å². The molecule has 5 heteroatoms. The van der Waals surface area contributed by atoms with Crippen molar-refractivity contribution < 1.29 is 14.3 Å². The Labute approximate surface area is 95.9 Å². The van der Waals surface area contributed by atoms with Crippen molar-refractivity contribution in [2.45, 2.75) is 50.9 Å². The lowest BCUT2D eigenvalue weighted by Crippen LogP contribution is -2.48. The Morgan fingerprint density at radius 3 is 2.50 bits per heavy atom. The van der Waals surface area contributed by atoms with Gasteiger partial charge in [0.25, 0.3) is 0 Å². The first-order chi connectivity index (χ1) is 7.44. The van der Waals surface area contributed by atoms with E-state index in [1.165, 1.54) is 0 Å². The van der Waals surface area contributed by atoms with Crippen LogP contribution < -0.4 is 10.6 Å². The standard InChI is InChI=1S/C11H20N2O3/c1-11(2,3)16-10(14)13-9-4-8(9)12-7-5-15-6-7/h7-9,12H,4-6H2,1-3H3,(H,13,14). The molecule has 2 aliphatic rings. The molecule has 0 aromatic rings. The minimum atomic E-state index is -0.427. The fourth-order valence-electron chi connectivity index (χ4n) is 1.63. The predicted octanol–water partition coefficient (Wildman–Crippen LogP) is 0.640. The van der Waals surface area contributed by atoms with Gasteiger partial charge in [-0.15, -0.1) is 0 Å². The molecule has 1 amide bonds. The Balaban J connectivity index is 1.62. The summed E-state index contributed by atoms with van der Waals surface area (Å²) in [6, 6.07) is 1.08. The molecule has 0 aromatic heterocycles. The predicted molar refractivity (Wildman–Crippen MR) is 59.3 cm³/mol. The molecule has 2 fully saturated rings. The molecule has 16 heavy (non-hydrogen) atoms. The normalized spacial score (nSPS) is 29.4. The average Bonchev–Trinajstić information content (AvgIpc) is 2.72. The number of ether oxygens (including phenoxy) is 2. The Morgan fingerprint density at radius 1 is 1.31 bits per heavy atom. The third-order valence-electron chi connectivity index (χ3n) is 2.58. The first-order valence-corrected chi connectivity index (χ1v) is 5.77. The van der Waals surface area contributed by atoms with Crippen molar-refractivity contribution in [3.8, 4) is 0 Å². The van der Waals surface area contributed by atoms with Crippen LogP contribution in [-0.2, 0) is 9.47 Å². The highest BCUT2D eigenvalue weighted by molar-refractivity contribution is 5.68. The van der Waals surface area contributed by atoms with E-state index in [0.29, 0.717) is 12.1 Å². The van der Waals surface area contributed by atoms with Crippen molar-refractivity contribution in [2.24, 2.45) is 0 Å². The van der Waals surface area contributed by atoms with Crippen molar-refractivity contribution in [3.05, 3.63) is 0 Å². The monoisotopic (exact) mass is 228 g/mol. The summed E-state index contributed by atoms with van der Waals surface area (Å²) in [5, 5.41) is 6.26. The summed E-state index contributed by atoms with van der Waals surface area (Å²) in [6.07, 6.45) is 0.655. The lowest BCUT2D eigenvalue weighted by Gasteiger charge is -2.27. The SMILES string of the molecule is CC(C)(C)OC(=O)NC1CC1NC1COC1. The number of carbonyl (C=O) groups is 1. The van der Waals surface area contributed by atoms with Crippen LogP contribution in [0.15, 0.2) is 0 Å². The molecule has 0 bridgehead atoms. The van der Waals surface area contributed by atoms with E-state index in [1.807, 2.05) is 20.8 Å². The fourth-order valence-corrected chi connectivity index (χ4v) is 1.63. The topological polar surface area (TPSA) is 59.6 Å². The maximum atomic E-state index is 11.4. The van der Waals surface area contributed by atoms with E-state index in [-0.39, 0.29) is 12.1 Å². The van der Waals surface area contributed by atoms with Gasteiger partial charge >= 0.3 is 6.09 Å². The first kappa shape index (κ1) is 11.7. The Hall–Kier alpha value is -0.810. The Morgan fingerprint density at radius 2 is 2.00 bits per heavy atom. The molecule has 92 valence electrons. The fraction of sp³-hybridized carbons (Fsp3) is 0.909. The van der Waals surface area contributed by atoms with Gasteiger partial charge in [-0.2, -0.15) is 0 Å². The van der Waals surface area contributed by atoms with E-state index in [1.54, 1.807) is 0 Å². The van der Waals surface area contributed by atoms with Crippen molar-refractivity contribution >= 4 is 6.09 Å². The number of rotatable bonds is 3. The number of alkyl carbamates (subject to hydrolysis) is 1. The summed E-state index contributed by atoms with van der Waals surface area (Å²) in [5.41, 5.74) is -0.427. The highest BCUT2D eigenvalue weighted by atomic mass is 16.6. The minimum Gasteiger partial charge on any atom is -0.444 e. The van der Waals surface area contributed by atoms with Gasteiger partial charge in [0.1, 0.15) is 5.60 Å². The molecule has 2 unspecified atom stereocenters. The van der Waals surface area contributed by atoms with Gasteiger partial charge in [0.15, 0.2) is 0 Å². The van der Waals surface area contributed by atoms with Crippen LogP contribution in [0.5, 0.6) is 0 Å². The number of hydrogen-bond donors (Lipinski definition) is 2. The van der Waals surface area contributed by atoms with Gasteiger partial charge in [-0.3, -0.25) is 0 Å². The van der Waals surface area contributed by atoms with E-state index >= 15 is 0 Å². The molecule has 1 aliphatic heterocycles. The second-order valence-corrected chi connectivity index (χ2v) is 5.50. The highest BCUT2D eigenvalue weighted by Gasteiger charge is 2.41. The lowest BCUT2D eigenvalue weighted by molar-refractivity contribution is -0.00622. The van der Waals surface area contributed by atoms with Crippen LogP contribution in [0.3, 0.4) is 0 Å². The maximum Gasteiger partial charge on any atom is 0.407 e. The quantitative estimate of drug-likeness (QED) is 0.744. The number of nitrogens with one attached hydrogen (secondary N) is 2. The van der Waals surface area contributed by atoms with E-state index in [0.717, 1.165) is 19.6 Å². The zero-order valence-electron chi connectivity index (χ0n) is 10.1. The van der Waals surface area contributed by atoms with Gasteiger partial charge in [-0.1, -0.05) is 0 Å². The van der Waals surface area contributed by atoms with Crippen LogP contribution in [0.1, 0.15) is 27.2 Å². The van der Waals surface area contributed by atoms with Gasteiger partial charge in [-0.05, 0) is 27.2 Å². The van der Waals surface area contributed by atoms with Gasteiger partial charge in [-0.25, -0.2) is 4.79 Å². The molecule has 2 N–H and O–H groups in total. The van der Waals surface area contributed by atoms with Crippen LogP contribution in [0, 0.1) is 0 Å². The molecule has 1 saturated heterocycles. The zero-order chi connectivity index (χ0) is 11.8. The van der Waals surface area contributed by atoms with Crippen molar-refractivity contribution in [3.63, 3.8) is 0 Å². The molecule has 1 saturated carbocycles. The average molecular weight is 228 g/mol. The number of carbonyl (C=O) groups excluding carboxylic acids is 1. The summed E-state index contributed by atoms with van der Waals surface area (Å²) in [6.45, 7) is 7.16. The third kappa shape index (κ3) is 3.35. The van der Waals surface area contributed by atoms with Gasteiger partial charge in [0.05, 0.1) is 19.3 Å². The van der Waals surface area contributed by atoms with Crippen LogP contribution in [0.2, 0.25) is 0 Å². The summed E-state index contributed by atoms with van der Waals surface area (Å²) >= 11 is 0. The third-order valence-corrected chi connectivity index (χ3v) is 2.58. The smallest absolute Gasteiger partial charge is 0.407 e. The molecule has 2 atom stereocenters. The number of amides is 1. The number of hydrogen-bond acceptors (Lipinski definition) is 4. The Kier molecular flexibility index (Phi) is 3.08. The summed E-state index contributed by atoms with van der Waals surface area (Å²) in [5.74, 6) is 0. The summed E-state index contributed by atoms with van der Waals surface area (Å²) < 4.78 is 10.3. The molecule has 2 rings (SSSR count). The van der Waals surface area contributed by atoms with E-state index in [4.69, 9.17) is 9.47 Å². The molecule has 0 spiro atoms. The van der Waals surface area contributed by atoms with Crippen molar-refractivity contribution in [1.82, 2.24) is 10.6 Å². The van der Waals surface area contributed by atoms with Crippen molar-refractivity contribution in [1.29, 1.82) is 0 Å². The first-order valence-electron chi connectivity index (χ1n) is 5.77. The van der Waals surface area contributed by atoms with E-state index < -0.39 is 5.60 Å². The lowest BCUT2D eigenvalue weighted by atomic mass is 10.2. The molecular formula is C11H20N2O3. The molecule has 0 aromatic carbocycles. The second-order valence-electron chi connectivity index (χ2n) is 5.50. The Bertz CT molecular complexity index is 271. The maximum absolute atomic E-state index is 11.4. The van der Waals surface area contributed by atoms with E-state index in [2.05, 4.69) is 10.6 Å². The molecule has 1 heterocycles. The van der Waals surface area contributed by atoms with Crippen LogP contribution in [0.25, 0.3) is 0 Å². The molecular weight excluding hydrogens is 208 g/mol. The van der Waals surface area contributed by atoms with E-state index in [9.17, 15) is 4.79 Å². The van der Waals surface area contributed by atoms with Gasteiger partial charge in [0, 0.05) is 12.1 Å². The summed E-state index contributed by atoms with van der Waals surface area (Å²) in [7, 11) is 0. The largest absolute Gasteiger partial charge is 0.444 e. The summed E-state index contributed by atoms with van der Waals surface area (Å²) in [4.78, 5) is 11.4. The molecule has 1 aliphatic carbocycles. The van der Waals surface area contributed by atoms with Crippen LogP contribution in [-0.4, -0.2) is 43.0 Å².